The molecule has 11 heteroatoms. The van der Waals surface area contributed by atoms with Crippen molar-refractivity contribution in [3.8, 4) is 0 Å². The zero-order valence-corrected chi connectivity index (χ0v) is 13.8. The van der Waals surface area contributed by atoms with Crippen LogP contribution in [0.4, 0.5) is 24.8 Å². The summed E-state index contributed by atoms with van der Waals surface area (Å²) in [6, 6.07) is 0.986. The van der Waals surface area contributed by atoms with Crippen molar-refractivity contribution in [1.29, 1.82) is 0 Å². The van der Waals surface area contributed by atoms with E-state index >= 15 is 0 Å². The molecular weight excluding hydrogens is 349 g/mol. The predicted octanol–water partition coefficient (Wildman–Crippen LogP) is 1.50. The summed E-state index contributed by atoms with van der Waals surface area (Å²) in [5.74, 6) is 1.06. The fourth-order valence-corrected chi connectivity index (χ4v) is 3.02. The standard InChI is InChI=1S/C15H15F3N8/c1-24-13-10(7-23-24)14(22-9-21-13)26-4-2-25(3-5-26)12-6-11(15(16,17)18)19-8-20-12/h6-9H,2-5H2,1H3. The molecule has 1 aliphatic rings. The number of anilines is 2. The highest BCUT2D eigenvalue weighted by Crippen LogP contribution is 2.29. The Morgan fingerprint density at radius 3 is 2.35 bits per heavy atom. The van der Waals surface area contributed by atoms with Crippen LogP contribution in [0.1, 0.15) is 5.69 Å². The molecule has 0 aliphatic carbocycles. The van der Waals surface area contributed by atoms with Gasteiger partial charge in [-0.05, 0) is 0 Å². The lowest BCUT2D eigenvalue weighted by atomic mass is 10.2. The maximum atomic E-state index is 12.8. The fourth-order valence-electron chi connectivity index (χ4n) is 3.02. The van der Waals surface area contributed by atoms with Crippen LogP contribution in [0.2, 0.25) is 0 Å². The van der Waals surface area contributed by atoms with Crippen LogP contribution >= 0.6 is 0 Å². The maximum Gasteiger partial charge on any atom is 0.433 e. The molecule has 0 radical (unpaired) electrons. The van der Waals surface area contributed by atoms with Crippen molar-refractivity contribution in [2.45, 2.75) is 6.18 Å². The van der Waals surface area contributed by atoms with Crippen LogP contribution in [0, 0.1) is 0 Å². The van der Waals surface area contributed by atoms with Crippen molar-refractivity contribution in [3.63, 3.8) is 0 Å². The highest BCUT2D eigenvalue weighted by Gasteiger charge is 2.33. The quantitative estimate of drug-likeness (QED) is 0.682. The van der Waals surface area contributed by atoms with Crippen LogP contribution in [0.5, 0.6) is 0 Å². The molecule has 26 heavy (non-hydrogen) atoms. The molecule has 4 rings (SSSR count). The summed E-state index contributed by atoms with van der Waals surface area (Å²) in [4.78, 5) is 19.8. The molecule has 0 aromatic carbocycles. The summed E-state index contributed by atoms with van der Waals surface area (Å²) in [7, 11) is 1.81. The Bertz CT molecular complexity index is 930. The van der Waals surface area contributed by atoms with E-state index in [-0.39, 0.29) is 5.82 Å². The minimum atomic E-state index is -4.48. The van der Waals surface area contributed by atoms with E-state index < -0.39 is 11.9 Å². The molecule has 1 fully saturated rings. The Morgan fingerprint density at radius 2 is 1.62 bits per heavy atom. The third-order valence-corrected chi connectivity index (χ3v) is 4.35. The molecule has 3 aromatic heterocycles. The lowest BCUT2D eigenvalue weighted by Crippen LogP contribution is -2.47. The maximum absolute atomic E-state index is 12.8. The largest absolute Gasteiger partial charge is 0.433 e. The van der Waals surface area contributed by atoms with Gasteiger partial charge in [-0.1, -0.05) is 0 Å². The van der Waals surface area contributed by atoms with Gasteiger partial charge in [0.2, 0.25) is 0 Å². The van der Waals surface area contributed by atoms with E-state index in [2.05, 4.69) is 29.9 Å². The highest BCUT2D eigenvalue weighted by molar-refractivity contribution is 5.86. The second-order valence-corrected chi connectivity index (χ2v) is 5.94. The van der Waals surface area contributed by atoms with E-state index in [9.17, 15) is 13.2 Å². The summed E-state index contributed by atoms with van der Waals surface area (Å²) in [5, 5.41) is 5.05. The van der Waals surface area contributed by atoms with Gasteiger partial charge in [-0.15, -0.1) is 0 Å². The number of aryl methyl sites for hydroxylation is 1. The number of aromatic nitrogens is 6. The molecule has 1 saturated heterocycles. The lowest BCUT2D eigenvalue weighted by molar-refractivity contribution is -0.141. The first kappa shape index (κ1) is 16.5. The first-order valence-corrected chi connectivity index (χ1v) is 7.95. The number of piperazine rings is 1. The number of hydrogen-bond donors (Lipinski definition) is 0. The minimum absolute atomic E-state index is 0.279. The predicted molar refractivity (Wildman–Crippen MR) is 87.8 cm³/mol. The number of halogens is 3. The molecule has 0 saturated carbocycles. The van der Waals surface area contributed by atoms with Crippen molar-refractivity contribution in [3.05, 3.63) is 30.6 Å². The van der Waals surface area contributed by atoms with Gasteiger partial charge in [0, 0.05) is 39.3 Å². The third-order valence-electron chi connectivity index (χ3n) is 4.35. The van der Waals surface area contributed by atoms with E-state index in [1.165, 1.54) is 6.33 Å². The SMILES string of the molecule is Cn1ncc2c(N3CCN(c4cc(C(F)(F)F)ncn4)CC3)ncnc21. The smallest absolute Gasteiger partial charge is 0.353 e. The van der Waals surface area contributed by atoms with E-state index in [1.807, 2.05) is 11.9 Å². The van der Waals surface area contributed by atoms with Crippen LogP contribution < -0.4 is 9.80 Å². The van der Waals surface area contributed by atoms with Gasteiger partial charge in [-0.2, -0.15) is 18.3 Å². The molecule has 0 atom stereocenters. The Balaban J connectivity index is 1.52. The number of fused-ring (bicyclic) bond motifs is 1. The van der Waals surface area contributed by atoms with Crippen molar-refractivity contribution in [2.24, 2.45) is 7.05 Å². The molecular formula is C15H15F3N8. The Morgan fingerprint density at radius 1 is 0.923 bits per heavy atom. The topological polar surface area (TPSA) is 75.9 Å². The first-order valence-electron chi connectivity index (χ1n) is 7.95. The van der Waals surface area contributed by atoms with E-state index in [0.717, 1.165) is 29.2 Å². The van der Waals surface area contributed by atoms with Crippen molar-refractivity contribution >= 4 is 22.7 Å². The molecule has 1 aliphatic heterocycles. The highest BCUT2D eigenvalue weighted by atomic mass is 19.4. The molecule has 136 valence electrons. The Hall–Kier alpha value is -2.98. The summed E-state index contributed by atoms with van der Waals surface area (Å²) in [6.45, 7) is 2.26. The van der Waals surface area contributed by atoms with Crippen LogP contribution in [0.25, 0.3) is 11.0 Å². The van der Waals surface area contributed by atoms with Gasteiger partial charge in [-0.3, -0.25) is 4.68 Å². The van der Waals surface area contributed by atoms with Gasteiger partial charge in [0.25, 0.3) is 0 Å². The monoisotopic (exact) mass is 364 g/mol. The van der Waals surface area contributed by atoms with E-state index in [4.69, 9.17) is 0 Å². The number of nitrogens with zero attached hydrogens (tertiary/aromatic N) is 8. The van der Waals surface area contributed by atoms with Gasteiger partial charge in [0.05, 0.1) is 11.6 Å². The molecule has 4 heterocycles. The molecule has 0 N–H and O–H groups in total. The molecule has 0 unspecified atom stereocenters. The first-order chi connectivity index (χ1) is 12.4. The molecule has 0 bridgehead atoms. The Kier molecular flexibility index (Phi) is 3.85. The summed E-state index contributed by atoms with van der Waals surface area (Å²) in [5.41, 5.74) is -0.194. The third kappa shape index (κ3) is 2.89. The summed E-state index contributed by atoms with van der Waals surface area (Å²) >= 11 is 0. The van der Waals surface area contributed by atoms with Crippen LogP contribution in [-0.2, 0) is 13.2 Å². The Labute approximate surface area is 146 Å². The molecule has 8 nitrogen and oxygen atoms in total. The molecule has 0 spiro atoms. The number of hydrogen-bond acceptors (Lipinski definition) is 7. The number of alkyl halides is 3. The second-order valence-electron chi connectivity index (χ2n) is 5.94. The average molecular weight is 364 g/mol. The molecule has 3 aromatic rings. The zero-order chi connectivity index (χ0) is 18.3. The van der Waals surface area contributed by atoms with Crippen molar-refractivity contribution in [2.75, 3.05) is 36.0 Å². The van der Waals surface area contributed by atoms with E-state index in [1.54, 1.807) is 10.9 Å². The van der Waals surface area contributed by atoms with Gasteiger partial charge in [0.15, 0.2) is 5.65 Å². The van der Waals surface area contributed by atoms with Gasteiger partial charge < -0.3 is 9.80 Å². The van der Waals surface area contributed by atoms with Crippen LogP contribution in [-0.4, -0.2) is 55.9 Å². The lowest BCUT2D eigenvalue weighted by Gasteiger charge is -2.36. The number of rotatable bonds is 2. The van der Waals surface area contributed by atoms with Crippen LogP contribution in [0.3, 0.4) is 0 Å². The summed E-state index contributed by atoms with van der Waals surface area (Å²) in [6.07, 6.45) is -0.316. The van der Waals surface area contributed by atoms with E-state index in [0.29, 0.717) is 26.2 Å². The average Bonchev–Trinajstić information content (AvgIpc) is 3.03. The van der Waals surface area contributed by atoms with Gasteiger partial charge >= 0.3 is 6.18 Å². The molecule has 0 amide bonds. The van der Waals surface area contributed by atoms with Crippen LogP contribution in [0.15, 0.2) is 24.9 Å². The van der Waals surface area contributed by atoms with Gasteiger partial charge in [0.1, 0.15) is 30.0 Å². The minimum Gasteiger partial charge on any atom is -0.353 e. The zero-order valence-electron chi connectivity index (χ0n) is 13.8. The van der Waals surface area contributed by atoms with Gasteiger partial charge in [-0.25, -0.2) is 19.9 Å². The van der Waals surface area contributed by atoms with Crippen molar-refractivity contribution < 1.29 is 13.2 Å². The second kappa shape index (κ2) is 6.07. The fraction of sp³-hybridized carbons (Fsp3) is 0.400. The summed E-state index contributed by atoms with van der Waals surface area (Å²) < 4.78 is 40.2. The van der Waals surface area contributed by atoms with Crippen molar-refractivity contribution in [1.82, 2.24) is 29.7 Å². The normalized spacial score (nSPS) is 15.7.